The minimum Gasteiger partial charge on any atom is -0.397 e. The highest BCUT2D eigenvalue weighted by molar-refractivity contribution is 6.32. The van der Waals surface area contributed by atoms with Crippen LogP contribution in [0.25, 0.3) is 0 Å². The Bertz CT molecular complexity index is 339. The van der Waals surface area contributed by atoms with Crippen molar-refractivity contribution in [2.24, 2.45) is 0 Å². The third kappa shape index (κ3) is 1.36. The van der Waals surface area contributed by atoms with E-state index in [2.05, 4.69) is 4.42 Å². The van der Waals surface area contributed by atoms with Gasteiger partial charge in [0.2, 0.25) is 0 Å². The maximum absolute atomic E-state index is 10.6. The lowest BCUT2D eigenvalue weighted by molar-refractivity contribution is -0.402. The second-order valence-electron chi connectivity index (χ2n) is 1.88. The Kier molecular flexibility index (Phi) is 2.00. The van der Waals surface area contributed by atoms with Gasteiger partial charge >= 0.3 is 5.88 Å². The van der Waals surface area contributed by atoms with Crippen LogP contribution in [0.15, 0.2) is 16.5 Å². The summed E-state index contributed by atoms with van der Waals surface area (Å²) in [4.78, 5) is 29.7. The predicted molar refractivity (Wildman–Crippen MR) is 35.8 cm³/mol. The Labute approximate surface area is 65.9 Å². The fourth-order valence-electron chi connectivity index (χ4n) is 0.616. The maximum atomic E-state index is 10.6. The van der Waals surface area contributed by atoms with Crippen molar-refractivity contribution in [2.75, 3.05) is 0 Å². The molecular weight excluding hydrogens is 166 g/mol. The Morgan fingerprint density at radius 3 is 2.67 bits per heavy atom. The number of carbonyl (C=O) groups is 2. The number of aldehydes is 1. The van der Waals surface area contributed by atoms with Gasteiger partial charge in [-0.15, -0.1) is 0 Å². The van der Waals surface area contributed by atoms with Crippen LogP contribution in [0.4, 0.5) is 5.88 Å². The molecule has 1 aromatic heterocycles. The number of furan rings is 1. The molecule has 0 amide bonds. The zero-order valence-corrected chi connectivity index (χ0v) is 5.72. The van der Waals surface area contributed by atoms with Crippen molar-refractivity contribution in [2.45, 2.75) is 0 Å². The van der Waals surface area contributed by atoms with Gasteiger partial charge in [-0.1, -0.05) is 0 Å². The average Bonchev–Trinajstić information content (AvgIpc) is 2.51. The van der Waals surface area contributed by atoms with E-state index >= 15 is 0 Å². The van der Waals surface area contributed by atoms with Crippen LogP contribution in [0, 0.1) is 10.1 Å². The average molecular weight is 169 g/mol. The molecule has 62 valence electrons. The minimum absolute atomic E-state index is 0.0303. The van der Waals surface area contributed by atoms with Crippen LogP contribution < -0.4 is 0 Å². The molecule has 0 radical (unpaired) electrons. The minimum atomic E-state index is -0.914. The van der Waals surface area contributed by atoms with Gasteiger partial charge < -0.3 is 4.42 Å². The van der Waals surface area contributed by atoms with Crippen molar-refractivity contribution < 1.29 is 18.9 Å². The van der Waals surface area contributed by atoms with Gasteiger partial charge in [0.05, 0.1) is 6.07 Å². The molecule has 0 N–H and O–H groups in total. The largest absolute Gasteiger partial charge is 0.433 e. The van der Waals surface area contributed by atoms with Gasteiger partial charge in [0, 0.05) is 0 Å². The number of carbonyl (C=O) groups excluding carboxylic acids is 2. The molecule has 0 atom stereocenters. The summed E-state index contributed by atoms with van der Waals surface area (Å²) in [6.07, 6.45) is 0.0303. The van der Waals surface area contributed by atoms with Crippen LogP contribution in [0.2, 0.25) is 0 Å². The third-order valence-corrected chi connectivity index (χ3v) is 1.12. The molecule has 1 aromatic rings. The first-order valence-corrected chi connectivity index (χ1v) is 2.89. The molecule has 0 saturated heterocycles. The number of nitro groups is 1. The fraction of sp³-hybridized carbons (Fsp3) is 0. The molecule has 6 nitrogen and oxygen atoms in total. The van der Waals surface area contributed by atoms with E-state index in [0.717, 1.165) is 12.1 Å². The third-order valence-electron chi connectivity index (χ3n) is 1.12. The first-order valence-electron chi connectivity index (χ1n) is 2.89. The van der Waals surface area contributed by atoms with Crippen molar-refractivity contribution in [3.05, 3.63) is 28.0 Å². The highest BCUT2D eigenvalue weighted by Gasteiger charge is 2.15. The Morgan fingerprint density at radius 1 is 1.58 bits per heavy atom. The van der Waals surface area contributed by atoms with E-state index in [9.17, 15) is 19.7 Å². The van der Waals surface area contributed by atoms with Crippen molar-refractivity contribution >= 4 is 18.0 Å². The van der Waals surface area contributed by atoms with Gasteiger partial charge in [-0.2, -0.15) is 0 Å². The molecule has 0 aromatic carbocycles. The number of rotatable bonds is 3. The standard InChI is InChI=1S/C6H3NO5/c8-3-4(9)5-1-2-6(12-5)7(10)11/h1-3H. The zero-order valence-electron chi connectivity index (χ0n) is 5.72. The number of Topliss-reactive ketones (excluding diaryl/α,β-unsaturated/α-hetero) is 1. The van der Waals surface area contributed by atoms with E-state index in [4.69, 9.17) is 0 Å². The highest BCUT2D eigenvalue weighted by Crippen LogP contribution is 2.15. The molecule has 0 aliphatic carbocycles. The van der Waals surface area contributed by atoms with Gasteiger partial charge in [-0.3, -0.25) is 19.7 Å². The van der Waals surface area contributed by atoms with E-state index in [1.807, 2.05) is 0 Å². The quantitative estimate of drug-likeness (QED) is 0.217. The molecule has 1 heterocycles. The number of ketones is 1. The van der Waals surface area contributed by atoms with Gasteiger partial charge in [-0.05, 0) is 6.07 Å². The molecular formula is C6H3NO5. The van der Waals surface area contributed by atoms with Crippen LogP contribution in [0.3, 0.4) is 0 Å². The highest BCUT2D eigenvalue weighted by atomic mass is 16.6. The van der Waals surface area contributed by atoms with Crippen molar-refractivity contribution in [1.29, 1.82) is 0 Å². The summed E-state index contributed by atoms with van der Waals surface area (Å²) in [5.74, 6) is -1.79. The molecule has 0 aliphatic rings. The lowest BCUT2D eigenvalue weighted by Crippen LogP contribution is -1.96. The zero-order chi connectivity index (χ0) is 9.14. The second kappa shape index (κ2) is 2.95. The Balaban J connectivity index is 2.99. The molecule has 0 aliphatic heterocycles. The molecule has 0 unspecified atom stereocenters. The molecule has 0 spiro atoms. The monoisotopic (exact) mass is 169 g/mol. The molecule has 12 heavy (non-hydrogen) atoms. The number of hydrogen-bond donors (Lipinski definition) is 0. The van der Waals surface area contributed by atoms with Crippen LogP contribution in [-0.4, -0.2) is 17.0 Å². The van der Waals surface area contributed by atoms with Crippen LogP contribution >= 0.6 is 0 Å². The van der Waals surface area contributed by atoms with Crippen molar-refractivity contribution in [3.63, 3.8) is 0 Å². The van der Waals surface area contributed by atoms with Crippen LogP contribution in [-0.2, 0) is 4.79 Å². The van der Waals surface area contributed by atoms with Crippen molar-refractivity contribution in [1.82, 2.24) is 0 Å². The van der Waals surface area contributed by atoms with Gasteiger partial charge in [0.15, 0.2) is 12.0 Å². The number of nitrogens with zero attached hydrogens (tertiary/aromatic N) is 1. The summed E-state index contributed by atoms with van der Waals surface area (Å²) in [5, 5.41) is 10.0. The first kappa shape index (κ1) is 8.12. The topological polar surface area (TPSA) is 90.4 Å². The van der Waals surface area contributed by atoms with Crippen molar-refractivity contribution in [3.8, 4) is 0 Å². The van der Waals surface area contributed by atoms with Crippen LogP contribution in [0.1, 0.15) is 10.6 Å². The van der Waals surface area contributed by atoms with E-state index in [0.29, 0.717) is 0 Å². The molecule has 1 rings (SSSR count). The molecule has 6 heteroatoms. The summed E-state index contributed by atoms with van der Waals surface area (Å²) in [7, 11) is 0. The van der Waals surface area contributed by atoms with E-state index in [1.165, 1.54) is 0 Å². The summed E-state index contributed by atoms with van der Waals surface area (Å²) >= 11 is 0. The summed E-state index contributed by atoms with van der Waals surface area (Å²) in [6, 6.07) is 2.09. The SMILES string of the molecule is O=CC(=O)c1ccc([N+](=O)[O-])o1. The molecule has 0 bridgehead atoms. The summed E-state index contributed by atoms with van der Waals surface area (Å²) < 4.78 is 4.42. The Hall–Kier alpha value is -1.98. The van der Waals surface area contributed by atoms with E-state index in [1.54, 1.807) is 0 Å². The van der Waals surface area contributed by atoms with Gasteiger partial charge in [0.1, 0.15) is 4.92 Å². The maximum Gasteiger partial charge on any atom is 0.433 e. The van der Waals surface area contributed by atoms with Gasteiger partial charge in [-0.25, -0.2) is 0 Å². The second-order valence-corrected chi connectivity index (χ2v) is 1.88. The smallest absolute Gasteiger partial charge is 0.397 e. The van der Waals surface area contributed by atoms with E-state index < -0.39 is 16.6 Å². The number of hydrogen-bond acceptors (Lipinski definition) is 5. The first-order chi connectivity index (χ1) is 5.65. The summed E-state index contributed by atoms with van der Waals surface area (Å²) in [6.45, 7) is 0. The lowest BCUT2D eigenvalue weighted by Gasteiger charge is -1.82. The molecule has 0 fully saturated rings. The van der Waals surface area contributed by atoms with E-state index in [-0.39, 0.29) is 12.0 Å². The lowest BCUT2D eigenvalue weighted by atomic mass is 10.3. The van der Waals surface area contributed by atoms with Gasteiger partial charge in [0.25, 0.3) is 5.78 Å². The summed E-state index contributed by atoms with van der Waals surface area (Å²) in [5.41, 5.74) is 0. The fourth-order valence-corrected chi connectivity index (χ4v) is 0.616. The normalized spacial score (nSPS) is 9.33. The Morgan fingerprint density at radius 2 is 2.25 bits per heavy atom. The van der Waals surface area contributed by atoms with Crippen LogP contribution in [0.5, 0.6) is 0 Å². The predicted octanol–water partition coefficient (Wildman–Crippen LogP) is 0.569. The molecule has 0 saturated carbocycles.